The zero-order valence-corrected chi connectivity index (χ0v) is 18.6. The van der Waals surface area contributed by atoms with Gasteiger partial charge in [-0.3, -0.25) is 24.1 Å². The fourth-order valence-electron chi connectivity index (χ4n) is 4.61. The van der Waals surface area contributed by atoms with Crippen LogP contribution < -0.4 is 15.5 Å². The number of benzene rings is 2. The Labute approximate surface area is 192 Å². The van der Waals surface area contributed by atoms with Gasteiger partial charge < -0.3 is 15.4 Å². The molecule has 1 aliphatic carbocycles. The normalized spacial score (nSPS) is 16.2. The fourth-order valence-corrected chi connectivity index (χ4v) is 4.61. The molecule has 0 atom stereocenters. The Morgan fingerprint density at radius 2 is 1.76 bits per heavy atom. The summed E-state index contributed by atoms with van der Waals surface area (Å²) in [6.07, 6.45) is 2.77. The summed E-state index contributed by atoms with van der Waals surface area (Å²) in [4.78, 5) is 52.1. The maximum atomic E-state index is 13.2. The number of carbonyl (C=O) groups is 4. The average molecular weight is 450 g/mol. The number of carbonyl (C=O) groups excluding carboxylic acids is 4. The first-order valence-electron chi connectivity index (χ1n) is 11.2. The maximum absolute atomic E-state index is 13.2. The number of hydrogen-bond donors (Lipinski definition) is 2. The van der Waals surface area contributed by atoms with Crippen molar-refractivity contribution in [1.82, 2.24) is 5.32 Å². The molecule has 2 N–H and O–H groups in total. The van der Waals surface area contributed by atoms with E-state index in [1.54, 1.807) is 30.3 Å². The summed E-state index contributed by atoms with van der Waals surface area (Å²) in [5.41, 5.74) is 1.63. The molecule has 0 unspecified atom stereocenters. The van der Waals surface area contributed by atoms with E-state index in [1.807, 2.05) is 25.1 Å². The van der Waals surface area contributed by atoms with Crippen molar-refractivity contribution in [3.63, 3.8) is 0 Å². The van der Waals surface area contributed by atoms with Gasteiger partial charge in [0.25, 0.3) is 17.7 Å². The van der Waals surface area contributed by atoms with E-state index >= 15 is 0 Å². The van der Waals surface area contributed by atoms with Crippen molar-refractivity contribution in [2.24, 2.45) is 0 Å². The number of esters is 1. The molecule has 1 saturated carbocycles. The van der Waals surface area contributed by atoms with Crippen molar-refractivity contribution in [2.75, 3.05) is 23.4 Å². The number of anilines is 2. The van der Waals surface area contributed by atoms with E-state index in [0.717, 1.165) is 18.4 Å². The molecule has 0 radical (unpaired) electrons. The van der Waals surface area contributed by atoms with Crippen molar-refractivity contribution in [3.8, 4) is 0 Å². The number of nitrogens with one attached hydrogen (secondary N) is 2. The van der Waals surface area contributed by atoms with Crippen LogP contribution in [0.3, 0.4) is 0 Å². The molecule has 0 bridgehead atoms. The van der Waals surface area contributed by atoms with Crippen LogP contribution in [0.2, 0.25) is 0 Å². The highest BCUT2D eigenvalue weighted by Crippen LogP contribution is 2.45. The van der Waals surface area contributed by atoms with Crippen molar-refractivity contribution in [3.05, 3.63) is 59.7 Å². The lowest BCUT2D eigenvalue weighted by molar-refractivity contribution is -0.148. The van der Waals surface area contributed by atoms with Crippen LogP contribution in [-0.2, 0) is 19.1 Å². The third-order valence-electron chi connectivity index (χ3n) is 6.28. The number of nitrogens with zero attached hydrogens (tertiary/aromatic N) is 1. The standard InChI is InChI=1S/C25H27N3O5/c1-17-8-2-3-9-18(17)23(31)26-15-12-22(30)33-16-21(29)28-20-11-5-4-10-19(20)27-24(32)25(28)13-6-7-14-25/h2-5,8-11H,6-7,12-16H2,1H3,(H,26,31)(H,27,32). The zero-order chi connectivity index (χ0) is 23.4. The van der Waals surface area contributed by atoms with E-state index in [4.69, 9.17) is 4.74 Å². The lowest BCUT2D eigenvalue weighted by atomic mass is 9.90. The Kier molecular flexibility index (Phi) is 6.44. The van der Waals surface area contributed by atoms with Crippen LogP contribution in [0.4, 0.5) is 11.4 Å². The van der Waals surface area contributed by atoms with E-state index < -0.39 is 24.0 Å². The predicted octanol–water partition coefficient (Wildman–Crippen LogP) is 2.96. The Morgan fingerprint density at radius 1 is 1.06 bits per heavy atom. The van der Waals surface area contributed by atoms with E-state index in [2.05, 4.69) is 10.6 Å². The molecule has 3 amide bonds. The first-order valence-corrected chi connectivity index (χ1v) is 11.2. The summed E-state index contributed by atoms with van der Waals surface area (Å²) < 4.78 is 5.21. The second-order valence-electron chi connectivity index (χ2n) is 8.42. The molecule has 8 nitrogen and oxygen atoms in total. The molecule has 1 aliphatic heterocycles. The topological polar surface area (TPSA) is 105 Å². The predicted molar refractivity (Wildman–Crippen MR) is 123 cm³/mol. The van der Waals surface area contributed by atoms with E-state index in [1.165, 1.54) is 4.90 Å². The highest BCUT2D eigenvalue weighted by molar-refractivity contribution is 6.15. The molecule has 1 heterocycles. The summed E-state index contributed by atoms with van der Waals surface area (Å²) >= 11 is 0. The largest absolute Gasteiger partial charge is 0.455 e. The molecule has 2 aromatic rings. The molecular weight excluding hydrogens is 422 g/mol. The number of fused-ring (bicyclic) bond motifs is 1. The molecule has 2 aliphatic rings. The van der Waals surface area contributed by atoms with Crippen LogP contribution >= 0.6 is 0 Å². The monoisotopic (exact) mass is 449 g/mol. The number of rotatable bonds is 6. The number of ether oxygens (including phenoxy) is 1. The van der Waals surface area contributed by atoms with Crippen LogP contribution in [0, 0.1) is 6.92 Å². The molecule has 1 spiro atoms. The van der Waals surface area contributed by atoms with Gasteiger partial charge in [0.15, 0.2) is 6.61 Å². The number of amides is 3. The third kappa shape index (κ3) is 4.46. The van der Waals surface area contributed by atoms with Crippen LogP contribution in [-0.4, -0.2) is 42.4 Å². The average Bonchev–Trinajstić information content (AvgIpc) is 3.29. The van der Waals surface area contributed by atoms with Crippen molar-refractivity contribution in [2.45, 2.75) is 44.6 Å². The molecule has 4 rings (SSSR count). The van der Waals surface area contributed by atoms with Gasteiger partial charge in [-0.2, -0.15) is 0 Å². The summed E-state index contributed by atoms with van der Waals surface area (Å²) in [7, 11) is 0. The van der Waals surface area contributed by atoms with E-state index in [0.29, 0.717) is 29.8 Å². The van der Waals surface area contributed by atoms with Gasteiger partial charge in [0.2, 0.25) is 0 Å². The first kappa shape index (κ1) is 22.5. The van der Waals surface area contributed by atoms with Crippen LogP contribution in [0.1, 0.15) is 48.0 Å². The van der Waals surface area contributed by atoms with Gasteiger partial charge in [0, 0.05) is 12.1 Å². The minimum atomic E-state index is -0.945. The smallest absolute Gasteiger partial charge is 0.308 e. The molecule has 2 aromatic carbocycles. The molecule has 0 saturated heterocycles. The van der Waals surface area contributed by atoms with Gasteiger partial charge in [-0.25, -0.2) is 0 Å². The maximum Gasteiger partial charge on any atom is 0.308 e. The van der Waals surface area contributed by atoms with Gasteiger partial charge >= 0.3 is 5.97 Å². The summed E-state index contributed by atoms with van der Waals surface area (Å²) in [6.45, 7) is 1.47. The van der Waals surface area contributed by atoms with Crippen LogP contribution in [0.25, 0.3) is 0 Å². The first-order chi connectivity index (χ1) is 15.9. The van der Waals surface area contributed by atoms with E-state index in [9.17, 15) is 19.2 Å². The van der Waals surface area contributed by atoms with Gasteiger partial charge in [0.05, 0.1) is 17.8 Å². The molecule has 33 heavy (non-hydrogen) atoms. The molecular formula is C25H27N3O5. The Morgan fingerprint density at radius 3 is 2.52 bits per heavy atom. The lowest BCUT2D eigenvalue weighted by Gasteiger charge is -2.44. The van der Waals surface area contributed by atoms with Gasteiger partial charge in [-0.05, 0) is 43.5 Å². The van der Waals surface area contributed by atoms with Gasteiger partial charge in [-0.15, -0.1) is 0 Å². The van der Waals surface area contributed by atoms with Crippen LogP contribution in [0.5, 0.6) is 0 Å². The molecule has 172 valence electrons. The Hall–Kier alpha value is -3.68. The second-order valence-corrected chi connectivity index (χ2v) is 8.42. The fraction of sp³-hybridized carbons (Fsp3) is 0.360. The highest BCUT2D eigenvalue weighted by atomic mass is 16.5. The zero-order valence-electron chi connectivity index (χ0n) is 18.6. The van der Waals surface area contributed by atoms with Crippen molar-refractivity contribution in [1.29, 1.82) is 0 Å². The second kappa shape index (κ2) is 9.44. The number of para-hydroxylation sites is 2. The van der Waals surface area contributed by atoms with Gasteiger partial charge in [0.1, 0.15) is 5.54 Å². The Balaban J connectivity index is 1.35. The van der Waals surface area contributed by atoms with Gasteiger partial charge in [-0.1, -0.05) is 43.2 Å². The van der Waals surface area contributed by atoms with Crippen LogP contribution in [0.15, 0.2) is 48.5 Å². The quantitative estimate of drug-likeness (QED) is 0.660. The highest BCUT2D eigenvalue weighted by Gasteiger charge is 2.52. The summed E-state index contributed by atoms with van der Waals surface area (Å²) in [5.74, 6) is -1.49. The summed E-state index contributed by atoms with van der Waals surface area (Å²) in [5, 5.41) is 5.61. The minimum absolute atomic E-state index is 0.0624. The lowest BCUT2D eigenvalue weighted by Crippen LogP contribution is -2.61. The third-order valence-corrected chi connectivity index (χ3v) is 6.28. The molecule has 8 heteroatoms. The SMILES string of the molecule is Cc1ccccc1C(=O)NCCC(=O)OCC(=O)N1c2ccccc2NC(=O)C12CCCC2. The number of aryl methyl sites for hydroxylation is 1. The molecule has 1 fully saturated rings. The van der Waals surface area contributed by atoms with Crippen molar-refractivity contribution < 1.29 is 23.9 Å². The summed E-state index contributed by atoms with van der Waals surface area (Å²) in [6, 6.07) is 14.3. The van der Waals surface area contributed by atoms with E-state index in [-0.39, 0.29) is 24.8 Å². The minimum Gasteiger partial charge on any atom is -0.455 e. The molecule has 0 aromatic heterocycles. The van der Waals surface area contributed by atoms with Crippen molar-refractivity contribution >= 4 is 35.1 Å². The number of hydrogen-bond acceptors (Lipinski definition) is 5. The Bertz CT molecular complexity index is 1090.